The van der Waals surface area contributed by atoms with Gasteiger partial charge < -0.3 is 15.5 Å². The molecule has 1 aromatic carbocycles. The van der Waals surface area contributed by atoms with Gasteiger partial charge in [0.2, 0.25) is 0 Å². The Morgan fingerprint density at radius 1 is 1.18 bits per heavy atom. The van der Waals surface area contributed by atoms with E-state index in [1.165, 1.54) is 24.5 Å². The number of hydrogen-bond acceptors (Lipinski definition) is 3. The second kappa shape index (κ2) is 11.2. The Morgan fingerprint density at radius 2 is 1.96 bits per heavy atom. The summed E-state index contributed by atoms with van der Waals surface area (Å²) >= 11 is 0. The maximum atomic E-state index is 13.2. The SMILES string of the molecule is CN=C(NCCc1ccc(F)cc1C)NCc1ccnc(N2CCCC2)c1.I. The Kier molecular flexibility index (Phi) is 8.95. The lowest BCUT2D eigenvalue weighted by Crippen LogP contribution is -2.38. The number of aryl methyl sites for hydroxylation is 1. The number of aliphatic imine (C=N–C) groups is 1. The average molecular weight is 497 g/mol. The van der Waals surface area contributed by atoms with Crippen LogP contribution in [0.3, 0.4) is 0 Å². The summed E-state index contributed by atoms with van der Waals surface area (Å²) < 4.78 is 13.2. The van der Waals surface area contributed by atoms with Gasteiger partial charge in [-0.05, 0) is 67.1 Å². The zero-order chi connectivity index (χ0) is 19.1. The molecule has 0 unspecified atom stereocenters. The van der Waals surface area contributed by atoms with E-state index in [1.807, 2.05) is 25.3 Å². The number of guanidine groups is 1. The fourth-order valence-corrected chi connectivity index (χ4v) is 3.35. The minimum absolute atomic E-state index is 0. The van der Waals surface area contributed by atoms with Crippen LogP contribution in [-0.4, -0.2) is 37.6 Å². The van der Waals surface area contributed by atoms with Gasteiger partial charge in [-0.15, -0.1) is 24.0 Å². The first kappa shape index (κ1) is 22.4. The maximum absolute atomic E-state index is 13.2. The smallest absolute Gasteiger partial charge is 0.191 e. The minimum atomic E-state index is -0.188. The van der Waals surface area contributed by atoms with Crippen LogP contribution < -0.4 is 15.5 Å². The lowest BCUT2D eigenvalue weighted by molar-refractivity contribution is 0.625. The van der Waals surface area contributed by atoms with Gasteiger partial charge >= 0.3 is 0 Å². The molecule has 1 fully saturated rings. The first-order chi connectivity index (χ1) is 13.2. The summed E-state index contributed by atoms with van der Waals surface area (Å²) in [7, 11) is 1.76. The molecule has 0 saturated carbocycles. The summed E-state index contributed by atoms with van der Waals surface area (Å²) in [5, 5.41) is 6.66. The van der Waals surface area contributed by atoms with Gasteiger partial charge in [-0.3, -0.25) is 4.99 Å². The molecule has 0 bridgehead atoms. The third-order valence-corrected chi connectivity index (χ3v) is 4.91. The van der Waals surface area contributed by atoms with Gasteiger partial charge in [-0.25, -0.2) is 9.37 Å². The Bertz CT molecular complexity index is 790. The predicted molar refractivity (Wildman–Crippen MR) is 124 cm³/mol. The Labute approximate surface area is 183 Å². The van der Waals surface area contributed by atoms with Gasteiger partial charge in [0.15, 0.2) is 5.96 Å². The molecule has 1 aromatic heterocycles. The van der Waals surface area contributed by atoms with E-state index in [9.17, 15) is 4.39 Å². The monoisotopic (exact) mass is 497 g/mol. The van der Waals surface area contributed by atoms with Gasteiger partial charge in [-0.1, -0.05) is 6.07 Å². The molecule has 0 radical (unpaired) electrons. The van der Waals surface area contributed by atoms with Crippen molar-refractivity contribution < 1.29 is 4.39 Å². The number of benzene rings is 1. The lowest BCUT2D eigenvalue weighted by Gasteiger charge is -2.17. The van der Waals surface area contributed by atoms with Gasteiger partial charge in [0, 0.05) is 39.4 Å². The first-order valence-electron chi connectivity index (χ1n) is 9.55. The number of nitrogens with zero attached hydrogens (tertiary/aromatic N) is 3. The molecule has 0 amide bonds. The van der Waals surface area contributed by atoms with Crippen LogP contribution in [0.1, 0.15) is 29.5 Å². The molecule has 152 valence electrons. The molecule has 1 saturated heterocycles. The van der Waals surface area contributed by atoms with Crippen molar-refractivity contribution in [1.82, 2.24) is 15.6 Å². The summed E-state index contributed by atoms with van der Waals surface area (Å²) in [5.41, 5.74) is 3.30. The molecule has 0 aliphatic carbocycles. The van der Waals surface area contributed by atoms with Crippen molar-refractivity contribution in [2.24, 2.45) is 4.99 Å². The van der Waals surface area contributed by atoms with E-state index in [0.717, 1.165) is 49.0 Å². The number of aromatic nitrogens is 1. The zero-order valence-corrected chi connectivity index (χ0v) is 18.9. The van der Waals surface area contributed by atoms with Crippen LogP contribution >= 0.6 is 24.0 Å². The molecule has 2 aromatic rings. The van der Waals surface area contributed by atoms with E-state index in [1.54, 1.807) is 13.1 Å². The predicted octanol–water partition coefficient (Wildman–Crippen LogP) is 3.66. The molecular weight excluding hydrogens is 468 g/mol. The lowest BCUT2D eigenvalue weighted by atomic mass is 10.1. The molecule has 28 heavy (non-hydrogen) atoms. The van der Waals surface area contributed by atoms with Crippen molar-refractivity contribution >= 4 is 35.8 Å². The average Bonchev–Trinajstić information content (AvgIpc) is 3.21. The van der Waals surface area contributed by atoms with E-state index in [0.29, 0.717) is 6.54 Å². The Balaban J connectivity index is 0.00000280. The minimum Gasteiger partial charge on any atom is -0.357 e. The summed E-state index contributed by atoms with van der Waals surface area (Å²) in [6.45, 7) is 5.55. The molecule has 1 aliphatic heterocycles. The Morgan fingerprint density at radius 3 is 2.68 bits per heavy atom. The fourth-order valence-electron chi connectivity index (χ4n) is 3.35. The van der Waals surface area contributed by atoms with Gasteiger partial charge in [0.05, 0.1) is 0 Å². The molecule has 3 rings (SSSR count). The standard InChI is InChI=1S/C21H28FN5.HI/c1-16-13-19(22)6-5-18(16)8-10-25-21(23-2)26-15-17-7-9-24-20(14-17)27-11-3-4-12-27;/h5-7,9,13-14H,3-4,8,10-12,15H2,1-2H3,(H2,23,25,26);1H. The molecule has 0 spiro atoms. The van der Waals surface area contributed by atoms with E-state index >= 15 is 0 Å². The van der Waals surface area contributed by atoms with E-state index in [-0.39, 0.29) is 29.8 Å². The highest BCUT2D eigenvalue weighted by molar-refractivity contribution is 14.0. The van der Waals surface area contributed by atoms with Crippen molar-refractivity contribution in [3.8, 4) is 0 Å². The summed E-state index contributed by atoms with van der Waals surface area (Å²) in [5.74, 6) is 1.63. The summed E-state index contributed by atoms with van der Waals surface area (Å²) in [6, 6.07) is 9.11. The topological polar surface area (TPSA) is 52.6 Å². The number of hydrogen-bond donors (Lipinski definition) is 2. The third kappa shape index (κ3) is 6.32. The van der Waals surface area contributed by atoms with Crippen LogP contribution in [0.5, 0.6) is 0 Å². The Hall–Kier alpha value is -1.90. The van der Waals surface area contributed by atoms with Crippen LogP contribution in [0.15, 0.2) is 41.5 Å². The highest BCUT2D eigenvalue weighted by Crippen LogP contribution is 2.18. The number of pyridine rings is 1. The van der Waals surface area contributed by atoms with E-state index < -0.39 is 0 Å². The van der Waals surface area contributed by atoms with Crippen molar-refractivity contribution in [3.63, 3.8) is 0 Å². The zero-order valence-electron chi connectivity index (χ0n) is 16.5. The van der Waals surface area contributed by atoms with Gasteiger partial charge in [0.25, 0.3) is 0 Å². The molecule has 0 atom stereocenters. The number of rotatable bonds is 6. The van der Waals surface area contributed by atoms with Crippen LogP contribution in [0, 0.1) is 12.7 Å². The maximum Gasteiger partial charge on any atom is 0.191 e. The van der Waals surface area contributed by atoms with E-state index in [4.69, 9.17) is 0 Å². The fraction of sp³-hybridized carbons (Fsp3) is 0.429. The number of anilines is 1. The molecular formula is C21H29FIN5. The molecule has 1 aliphatic rings. The van der Waals surface area contributed by atoms with Crippen LogP contribution in [0.2, 0.25) is 0 Å². The van der Waals surface area contributed by atoms with Crippen molar-refractivity contribution in [3.05, 3.63) is 59.0 Å². The second-order valence-electron chi connectivity index (χ2n) is 6.89. The largest absolute Gasteiger partial charge is 0.357 e. The molecule has 5 nitrogen and oxygen atoms in total. The summed E-state index contributed by atoms with van der Waals surface area (Å²) in [6.07, 6.45) is 5.18. The van der Waals surface area contributed by atoms with Crippen molar-refractivity contribution in [2.75, 3.05) is 31.6 Å². The number of halogens is 2. The van der Waals surface area contributed by atoms with Crippen LogP contribution in [0.25, 0.3) is 0 Å². The highest BCUT2D eigenvalue weighted by atomic mass is 127. The van der Waals surface area contributed by atoms with Crippen molar-refractivity contribution in [2.45, 2.75) is 32.7 Å². The molecule has 2 heterocycles. The van der Waals surface area contributed by atoms with E-state index in [2.05, 4.69) is 31.6 Å². The van der Waals surface area contributed by atoms with Crippen LogP contribution in [0.4, 0.5) is 10.2 Å². The third-order valence-electron chi connectivity index (χ3n) is 4.91. The second-order valence-corrected chi connectivity index (χ2v) is 6.89. The quantitative estimate of drug-likeness (QED) is 0.364. The summed E-state index contributed by atoms with van der Waals surface area (Å²) in [4.78, 5) is 11.1. The van der Waals surface area contributed by atoms with Gasteiger partial charge in [-0.2, -0.15) is 0 Å². The number of nitrogens with one attached hydrogen (secondary N) is 2. The van der Waals surface area contributed by atoms with Crippen LogP contribution in [-0.2, 0) is 13.0 Å². The van der Waals surface area contributed by atoms with Gasteiger partial charge in [0.1, 0.15) is 11.6 Å². The first-order valence-corrected chi connectivity index (χ1v) is 9.55. The highest BCUT2D eigenvalue weighted by Gasteiger charge is 2.13. The van der Waals surface area contributed by atoms with Crippen molar-refractivity contribution in [1.29, 1.82) is 0 Å². The molecule has 7 heteroatoms. The molecule has 2 N–H and O–H groups in total. The normalized spacial score (nSPS) is 14.0.